The van der Waals surface area contributed by atoms with E-state index in [2.05, 4.69) is 31.4 Å². The van der Waals surface area contributed by atoms with E-state index in [0.29, 0.717) is 12.0 Å². The maximum absolute atomic E-state index is 5.46. The minimum atomic E-state index is 0.534. The van der Waals surface area contributed by atoms with Crippen LogP contribution in [0.4, 0.5) is 0 Å². The average molecular weight is 214 g/mol. The van der Waals surface area contributed by atoms with Crippen molar-refractivity contribution in [2.45, 2.75) is 26.8 Å². The van der Waals surface area contributed by atoms with Gasteiger partial charge in [-0.1, -0.05) is 20.8 Å². The highest BCUT2D eigenvalue weighted by molar-refractivity contribution is 4.81. The maximum Gasteiger partial charge on any atom is 0.0623 e. The van der Waals surface area contributed by atoms with Gasteiger partial charge < -0.3 is 15.4 Å². The summed E-state index contributed by atoms with van der Waals surface area (Å²) in [6.07, 6.45) is 0. The van der Waals surface area contributed by atoms with Crippen molar-refractivity contribution in [3.63, 3.8) is 0 Å². The van der Waals surface area contributed by atoms with E-state index in [1.54, 1.807) is 0 Å². The first kappa shape index (κ1) is 12.9. The number of hydrogen-bond donors (Lipinski definition) is 2. The largest absolute Gasteiger partial charge is 0.379 e. The third-order valence-electron chi connectivity index (χ3n) is 3.58. The number of nitrogens with one attached hydrogen (secondary N) is 2. The minimum Gasteiger partial charge on any atom is -0.379 e. The summed E-state index contributed by atoms with van der Waals surface area (Å²) in [5, 5.41) is 6.86. The van der Waals surface area contributed by atoms with Crippen LogP contribution >= 0.6 is 0 Å². The molecule has 1 aliphatic heterocycles. The number of ether oxygens (including phenoxy) is 1. The molecule has 0 bridgehead atoms. The van der Waals surface area contributed by atoms with Crippen LogP contribution in [0, 0.1) is 17.8 Å². The van der Waals surface area contributed by atoms with Crippen LogP contribution < -0.4 is 10.6 Å². The molecule has 3 heteroatoms. The van der Waals surface area contributed by atoms with Crippen LogP contribution in [0.5, 0.6) is 0 Å². The van der Waals surface area contributed by atoms with Gasteiger partial charge in [0.05, 0.1) is 13.2 Å². The van der Waals surface area contributed by atoms with Gasteiger partial charge >= 0.3 is 0 Å². The molecule has 0 aromatic rings. The van der Waals surface area contributed by atoms with Gasteiger partial charge in [-0.25, -0.2) is 0 Å². The second kappa shape index (κ2) is 6.46. The van der Waals surface area contributed by atoms with Crippen molar-refractivity contribution in [3.8, 4) is 0 Å². The van der Waals surface area contributed by atoms with Gasteiger partial charge in [-0.15, -0.1) is 0 Å². The lowest BCUT2D eigenvalue weighted by Crippen LogP contribution is -2.39. The Morgan fingerprint density at radius 2 is 2.00 bits per heavy atom. The van der Waals surface area contributed by atoms with Crippen LogP contribution in [0.3, 0.4) is 0 Å². The highest BCUT2D eigenvalue weighted by atomic mass is 16.5. The van der Waals surface area contributed by atoms with Gasteiger partial charge in [0.2, 0.25) is 0 Å². The van der Waals surface area contributed by atoms with Gasteiger partial charge in [0.25, 0.3) is 0 Å². The third kappa shape index (κ3) is 4.09. The highest BCUT2D eigenvalue weighted by Gasteiger charge is 2.26. The summed E-state index contributed by atoms with van der Waals surface area (Å²) >= 11 is 0. The van der Waals surface area contributed by atoms with Crippen LogP contribution in [0.15, 0.2) is 0 Å². The van der Waals surface area contributed by atoms with E-state index in [-0.39, 0.29) is 0 Å². The molecule has 0 aromatic carbocycles. The van der Waals surface area contributed by atoms with Crippen LogP contribution in [-0.2, 0) is 4.74 Å². The Bertz CT molecular complexity index is 173. The molecule has 1 saturated heterocycles. The summed E-state index contributed by atoms with van der Waals surface area (Å²) in [6, 6.07) is 0.534. The number of likely N-dealkylation sites (N-methyl/N-ethyl adjacent to an activating group) is 1. The van der Waals surface area contributed by atoms with E-state index in [0.717, 1.165) is 38.1 Å². The second-order valence-electron chi connectivity index (χ2n) is 5.07. The Hall–Kier alpha value is -0.120. The third-order valence-corrected chi connectivity index (χ3v) is 3.58. The molecular formula is C12H26N2O. The van der Waals surface area contributed by atoms with E-state index >= 15 is 0 Å². The van der Waals surface area contributed by atoms with E-state index in [9.17, 15) is 0 Å². The van der Waals surface area contributed by atoms with Crippen molar-refractivity contribution in [2.75, 3.05) is 33.4 Å². The predicted molar refractivity (Wildman–Crippen MR) is 64.0 cm³/mol. The molecule has 0 spiro atoms. The molecule has 0 aliphatic carbocycles. The average Bonchev–Trinajstić information content (AvgIpc) is 2.65. The lowest BCUT2D eigenvalue weighted by molar-refractivity contribution is 0.182. The number of hydrogen-bond acceptors (Lipinski definition) is 3. The Morgan fingerprint density at radius 3 is 2.60 bits per heavy atom. The van der Waals surface area contributed by atoms with Gasteiger partial charge in [-0.3, -0.25) is 0 Å². The molecule has 0 amide bonds. The summed E-state index contributed by atoms with van der Waals surface area (Å²) in [5.74, 6) is 2.15. The monoisotopic (exact) mass is 214 g/mol. The first-order valence-corrected chi connectivity index (χ1v) is 6.10. The maximum atomic E-state index is 5.46. The lowest BCUT2D eigenvalue weighted by atomic mass is 9.97. The van der Waals surface area contributed by atoms with Crippen LogP contribution in [0.1, 0.15) is 20.8 Å². The molecule has 0 saturated carbocycles. The molecule has 2 N–H and O–H groups in total. The SMILES string of the molecule is CNC1COCC1CNCC(C)C(C)C. The Morgan fingerprint density at radius 1 is 1.27 bits per heavy atom. The van der Waals surface area contributed by atoms with Crippen LogP contribution in [0.25, 0.3) is 0 Å². The molecule has 0 aromatic heterocycles. The van der Waals surface area contributed by atoms with Gasteiger partial charge in [0.15, 0.2) is 0 Å². The molecule has 15 heavy (non-hydrogen) atoms. The molecule has 1 rings (SSSR count). The first-order valence-electron chi connectivity index (χ1n) is 6.10. The zero-order valence-corrected chi connectivity index (χ0v) is 10.5. The summed E-state index contributed by atoms with van der Waals surface area (Å²) in [4.78, 5) is 0. The fourth-order valence-corrected chi connectivity index (χ4v) is 1.85. The van der Waals surface area contributed by atoms with E-state index < -0.39 is 0 Å². The standard InChI is InChI=1S/C12H26N2O/c1-9(2)10(3)5-14-6-11-7-15-8-12(11)13-4/h9-14H,5-8H2,1-4H3. The van der Waals surface area contributed by atoms with Crippen LogP contribution in [0.2, 0.25) is 0 Å². The Kier molecular flexibility index (Phi) is 5.58. The Balaban J connectivity index is 2.14. The predicted octanol–water partition coefficient (Wildman–Crippen LogP) is 1.10. The Labute approximate surface area is 94.0 Å². The van der Waals surface area contributed by atoms with Crippen molar-refractivity contribution in [1.29, 1.82) is 0 Å². The van der Waals surface area contributed by atoms with Crippen molar-refractivity contribution >= 4 is 0 Å². The molecule has 1 aliphatic rings. The van der Waals surface area contributed by atoms with Crippen LogP contribution in [-0.4, -0.2) is 39.4 Å². The smallest absolute Gasteiger partial charge is 0.0623 e. The summed E-state index contributed by atoms with van der Waals surface area (Å²) in [5.41, 5.74) is 0. The van der Waals surface area contributed by atoms with Crippen molar-refractivity contribution in [3.05, 3.63) is 0 Å². The summed E-state index contributed by atoms with van der Waals surface area (Å²) in [7, 11) is 2.02. The molecule has 3 atom stereocenters. The summed E-state index contributed by atoms with van der Waals surface area (Å²) in [6.45, 7) is 10.8. The normalized spacial score (nSPS) is 28.6. The fourth-order valence-electron chi connectivity index (χ4n) is 1.85. The van der Waals surface area contributed by atoms with Gasteiger partial charge in [0, 0.05) is 18.5 Å². The molecule has 1 heterocycles. The lowest BCUT2D eigenvalue weighted by Gasteiger charge is -2.20. The molecule has 90 valence electrons. The van der Waals surface area contributed by atoms with E-state index in [1.165, 1.54) is 0 Å². The van der Waals surface area contributed by atoms with Crippen molar-refractivity contribution in [1.82, 2.24) is 10.6 Å². The highest BCUT2D eigenvalue weighted by Crippen LogP contribution is 2.13. The molecule has 3 unspecified atom stereocenters. The zero-order chi connectivity index (χ0) is 11.3. The summed E-state index contributed by atoms with van der Waals surface area (Å²) < 4.78 is 5.46. The first-order chi connectivity index (χ1) is 7.15. The zero-order valence-electron chi connectivity index (χ0n) is 10.5. The van der Waals surface area contributed by atoms with Gasteiger partial charge in [-0.05, 0) is 25.4 Å². The minimum absolute atomic E-state index is 0.534. The van der Waals surface area contributed by atoms with E-state index in [1.807, 2.05) is 7.05 Å². The number of rotatable bonds is 6. The molecule has 1 fully saturated rings. The van der Waals surface area contributed by atoms with Crippen molar-refractivity contribution in [2.24, 2.45) is 17.8 Å². The molecule has 3 nitrogen and oxygen atoms in total. The van der Waals surface area contributed by atoms with Crippen molar-refractivity contribution < 1.29 is 4.74 Å². The van der Waals surface area contributed by atoms with Gasteiger partial charge in [-0.2, -0.15) is 0 Å². The topological polar surface area (TPSA) is 33.3 Å². The van der Waals surface area contributed by atoms with Gasteiger partial charge in [0.1, 0.15) is 0 Å². The van der Waals surface area contributed by atoms with E-state index in [4.69, 9.17) is 4.74 Å². The molecule has 0 radical (unpaired) electrons. The fraction of sp³-hybridized carbons (Fsp3) is 1.00. The quantitative estimate of drug-likeness (QED) is 0.695. The second-order valence-corrected chi connectivity index (χ2v) is 5.07. The molecular weight excluding hydrogens is 188 g/mol.